The van der Waals surface area contributed by atoms with E-state index in [9.17, 15) is 0 Å². The molecule has 0 spiro atoms. The Morgan fingerprint density at radius 1 is 0.737 bits per heavy atom. The van der Waals surface area contributed by atoms with Crippen LogP contribution >= 0.6 is 0 Å². The van der Waals surface area contributed by atoms with Crippen LogP contribution in [0, 0.1) is 0 Å². The van der Waals surface area contributed by atoms with Gasteiger partial charge in [-0.25, -0.2) is 0 Å². The average molecular weight is 263 g/mol. The van der Waals surface area contributed by atoms with Crippen molar-refractivity contribution in [3.8, 4) is 0 Å². The molecule has 0 fully saturated rings. The second-order valence-corrected chi connectivity index (χ2v) is 2.90. The van der Waals surface area contributed by atoms with Crippen molar-refractivity contribution in [3.05, 3.63) is 42.6 Å². The molecule has 0 atom stereocenters. The molecule has 19 heavy (non-hydrogen) atoms. The van der Waals surface area contributed by atoms with Gasteiger partial charge < -0.3 is 0 Å². The normalized spacial score (nSPS) is 7.16. The third-order valence-electron chi connectivity index (χ3n) is 1.51. The van der Waals surface area contributed by atoms with E-state index in [0.29, 0.717) is 0 Å². The standard InChI is InChI=1S/C9H7N.C3H8.3C2H6/c1-2-6-9-8(4-1)5-3-7-10-9;1-3-2;3*1-2/h1-7H;3H2,1-2H3;3*1-2H3. The molecule has 1 aromatic heterocycles. The van der Waals surface area contributed by atoms with Crippen molar-refractivity contribution < 1.29 is 0 Å². The van der Waals surface area contributed by atoms with E-state index in [4.69, 9.17) is 0 Å². The van der Waals surface area contributed by atoms with Crippen molar-refractivity contribution in [3.63, 3.8) is 0 Å². The molecule has 1 aromatic carbocycles. The Kier molecular flexibility index (Phi) is 26.2. The highest BCUT2D eigenvalue weighted by Gasteiger charge is 1.86. The summed E-state index contributed by atoms with van der Waals surface area (Å²) in [7, 11) is 0. The van der Waals surface area contributed by atoms with Crippen LogP contribution in [0.2, 0.25) is 0 Å². The van der Waals surface area contributed by atoms with E-state index in [2.05, 4.69) is 31.0 Å². The monoisotopic (exact) mass is 263 g/mol. The fourth-order valence-electron chi connectivity index (χ4n) is 1.02. The summed E-state index contributed by atoms with van der Waals surface area (Å²) in [5, 5.41) is 1.20. The lowest BCUT2D eigenvalue weighted by atomic mass is 10.2. The maximum atomic E-state index is 4.18. The van der Waals surface area contributed by atoms with Crippen molar-refractivity contribution in [2.75, 3.05) is 0 Å². The van der Waals surface area contributed by atoms with Crippen LogP contribution in [0.3, 0.4) is 0 Å². The third kappa shape index (κ3) is 12.9. The van der Waals surface area contributed by atoms with Crippen LogP contribution in [0.5, 0.6) is 0 Å². The largest absolute Gasteiger partial charge is 0.256 e. The maximum Gasteiger partial charge on any atom is 0.0701 e. The van der Waals surface area contributed by atoms with Gasteiger partial charge in [0.1, 0.15) is 0 Å². The van der Waals surface area contributed by atoms with E-state index in [1.165, 1.54) is 11.8 Å². The predicted octanol–water partition coefficient (Wildman–Crippen LogP) is 6.73. The summed E-state index contributed by atoms with van der Waals surface area (Å²) >= 11 is 0. The molecule has 0 saturated heterocycles. The van der Waals surface area contributed by atoms with Gasteiger partial charge in [0.25, 0.3) is 0 Å². The third-order valence-corrected chi connectivity index (χ3v) is 1.51. The van der Waals surface area contributed by atoms with E-state index < -0.39 is 0 Å². The summed E-state index contributed by atoms with van der Waals surface area (Å²) in [6.07, 6.45) is 3.06. The minimum Gasteiger partial charge on any atom is -0.256 e. The minimum absolute atomic E-state index is 1.06. The first-order valence-electron chi connectivity index (χ1n) is 7.68. The first-order chi connectivity index (χ1) is 9.38. The second-order valence-electron chi connectivity index (χ2n) is 2.90. The number of para-hydroxylation sites is 1. The summed E-state index contributed by atoms with van der Waals surface area (Å²) in [6.45, 7) is 16.2. The SMILES string of the molecule is CC.CC.CC.CCC.c1ccc2ncccc2c1. The zero-order valence-electron chi connectivity index (χ0n) is 14.2. The van der Waals surface area contributed by atoms with Crippen molar-refractivity contribution in [2.45, 2.75) is 61.8 Å². The van der Waals surface area contributed by atoms with Crippen molar-refractivity contribution in [1.82, 2.24) is 4.98 Å². The van der Waals surface area contributed by atoms with Crippen LogP contribution in [0.25, 0.3) is 10.9 Å². The van der Waals surface area contributed by atoms with Crippen molar-refractivity contribution in [2.24, 2.45) is 0 Å². The van der Waals surface area contributed by atoms with E-state index in [0.717, 1.165) is 5.52 Å². The summed E-state index contributed by atoms with van der Waals surface area (Å²) in [5.41, 5.74) is 1.06. The van der Waals surface area contributed by atoms with Crippen LogP contribution in [0.15, 0.2) is 42.6 Å². The zero-order valence-corrected chi connectivity index (χ0v) is 14.2. The first kappa shape index (κ1) is 22.8. The maximum absolute atomic E-state index is 4.18. The number of benzene rings is 1. The molecule has 1 heteroatoms. The number of hydrogen-bond acceptors (Lipinski definition) is 1. The Morgan fingerprint density at radius 3 is 1.63 bits per heavy atom. The number of hydrogen-bond donors (Lipinski definition) is 0. The van der Waals surface area contributed by atoms with Gasteiger partial charge in [-0.05, 0) is 12.1 Å². The fraction of sp³-hybridized carbons (Fsp3) is 0.500. The summed E-state index contributed by atoms with van der Waals surface area (Å²) < 4.78 is 0. The predicted molar refractivity (Wildman–Crippen MR) is 91.8 cm³/mol. The molecule has 1 nitrogen and oxygen atoms in total. The van der Waals surface area contributed by atoms with Gasteiger partial charge in [-0.2, -0.15) is 0 Å². The Morgan fingerprint density at radius 2 is 1.16 bits per heavy atom. The molecule has 0 N–H and O–H groups in total. The topological polar surface area (TPSA) is 12.9 Å². The number of rotatable bonds is 0. The lowest BCUT2D eigenvalue weighted by Crippen LogP contribution is -1.73. The Labute approximate surface area is 121 Å². The van der Waals surface area contributed by atoms with Gasteiger partial charge in [0.15, 0.2) is 0 Å². The van der Waals surface area contributed by atoms with Crippen LogP contribution in [0.1, 0.15) is 61.8 Å². The molecule has 0 bridgehead atoms. The summed E-state index contributed by atoms with van der Waals surface area (Å²) in [5.74, 6) is 0. The van der Waals surface area contributed by atoms with Crippen LogP contribution < -0.4 is 0 Å². The number of pyridine rings is 1. The average Bonchev–Trinajstić information content (AvgIpc) is 2.54. The molecular formula is C18H33N. The molecule has 0 radical (unpaired) electrons. The molecule has 0 aliphatic rings. The van der Waals surface area contributed by atoms with Crippen molar-refractivity contribution in [1.29, 1.82) is 0 Å². The molecule has 2 rings (SSSR count). The van der Waals surface area contributed by atoms with Gasteiger partial charge in [0.2, 0.25) is 0 Å². The van der Waals surface area contributed by atoms with E-state index in [1.807, 2.05) is 72.0 Å². The molecule has 0 aliphatic carbocycles. The quantitative estimate of drug-likeness (QED) is 0.513. The van der Waals surface area contributed by atoms with Gasteiger partial charge in [-0.1, -0.05) is 86.1 Å². The van der Waals surface area contributed by atoms with E-state index in [-0.39, 0.29) is 0 Å². The molecule has 0 aliphatic heterocycles. The highest BCUT2D eigenvalue weighted by Crippen LogP contribution is 2.07. The van der Waals surface area contributed by atoms with Gasteiger partial charge in [-0.15, -0.1) is 0 Å². The van der Waals surface area contributed by atoms with E-state index in [1.54, 1.807) is 0 Å². The summed E-state index contributed by atoms with van der Waals surface area (Å²) in [4.78, 5) is 4.18. The Bertz CT molecular complexity index is 290. The van der Waals surface area contributed by atoms with Crippen LogP contribution in [0.4, 0.5) is 0 Å². The van der Waals surface area contributed by atoms with Crippen molar-refractivity contribution >= 4 is 10.9 Å². The fourth-order valence-corrected chi connectivity index (χ4v) is 1.02. The van der Waals surface area contributed by atoms with Gasteiger partial charge in [0.05, 0.1) is 5.52 Å². The second kappa shape index (κ2) is 21.9. The minimum atomic E-state index is 1.06. The Hall–Kier alpha value is -1.37. The van der Waals surface area contributed by atoms with E-state index >= 15 is 0 Å². The highest BCUT2D eigenvalue weighted by molar-refractivity contribution is 5.77. The highest BCUT2D eigenvalue weighted by atomic mass is 14.6. The van der Waals surface area contributed by atoms with Gasteiger partial charge in [0, 0.05) is 11.6 Å². The molecular weight excluding hydrogens is 230 g/mol. The molecule has 0 saturated carbocycles. The Balaban J connectivity index is -0.000000244. The molecule has 0 unspecified atom stereocenters. The molecule has 110 valence electrons. The molecule has 1 heterocycles. The number of nitrogens with zero attached hydrogens (tertiary/aromatic N) is 1. The molecule has 0 amide bonds. The smallest absolute Gasteiger partial charge is 0.0701 e. The lowest BCUT2D eigenvalue weighted by molar-refractivity contribution is 1.09. The lowest BCUT2D eigenvalue weighted by Gasteiger charge is -1.91. The molecule has 2 aromatic rings. The van der Waals surface area contributed by atoms with Crippen LogP contribution in [-0.4, -0.2) is 4.98 Å². The first-order valence-corrected chi connectivity index (χ1v) is 7.68. The van der Waals surface area contributed by atoms with Gasteiger partial charge >= 0.3 is 0 Å². The summed E-state index contributed by atoms with van der Waals surface area (Å²) in [6, 6.07) is 12.1. The number of fused-ring (bicyclic) bond motifs is 1. The zero-order chi connectivity index (χ0) is 15.5. The van der Waals surface area contributed by atoms with Gasteiger partial charge in [-0.3, -0.25) is 4.98 Å². The van der Waals surface area contributed by atoms with Crippen LogP contribution in [-0.2, 0) is 0 Å². The number of aromatic nitrogens is 1.